The second-order valence-electron chi connectivity index (χ2n) is 7.03. The largest absolute Gasteiger partial charge is 0.371 e. The van der Waals surface area contributed by atoms with Crippen LogP contribution in [0.1, 0.15) is 46.1 Å². The molecule has 1 heterocycles. The minimum absolute atomic E-state index is 0.112. The van der Waals surface area contributed by atoms with Gasteiger partial charge in [0.15, 0.2) is 0 Å². The predicted molar refractivity (Wildman–Crippen MR) is 96.3 cm³/mol. The summed E-state index contributed by atoms with van der Waals surface area (Å²) in [5, 5.41) is 0. The van der Waals surface area contributed by atoms with Crippen LogP contribution < -0.4 is 0 Å². The average Bonchev–Trinajstić information content (AvgIpc) is 2.58. The van der Waals surface area contributed by atoms with E-state index in [2.05, 4.69) is 58.5 Å². The molecule has 0 radical (unpaired) electrons. The molecule has 0 spiro atoms. The maximum absolute atomic E-state index is 6.47. The normalized spacial score (nSPS) is 32.4. The summed E-state index contributed by atoms with van der Waals surface area (Å²) >= 11 is 0. The standard InChI is InChI=1S/C21H32O2/c1-6-11-19-21(22-14-18-12-9-8-10-13-18)17(5)16(4)20(23-19)15(3)7-2/h6,8-10,12-13,15-17,19-21H,1,7,11,14H2,2-5H3/t15-,16+,17+,19-,20?,21?/m1/s1. The van der Waals surface area contributed by atoms with E-state index in [1.165, 1.54) is 5.56 Å². The lowest BCUT2D eigenvalue weighted by Gasteiger charge is -2.46. The fraction of sp³-hybridized carbons (Fsp3) is 0.619. The van der Waals surface area contributed by atoms with Gasteiger partial charge in [-0.05, 0) is 29.7 Å². The van der Waals surface area contributed by atoms with Gasteiger partial charge in [-0.2, -0.15) is 0 Å². The van der Waals surface area contributed by atoms with Gasteiger partial charge in [-0.1, -0.05) is 70.5 Å². The molecule has 0 aromatic heterocycles. The van der Waals surface area contributed by atoms with Crippen molar-refractivity contribution in [3.05, 3.63) is 48.6 Å². The Bertz CT molecular complexity index is 470. The summed E-state index contributed by atoms with van der Waals surface area (Å²) in [7, 11) is 0. The molecule has 0 aliphatic carbocycles. The van der Waals surface area contributed by atoms with Crippen molar-refractivity contribution >= 4 is 0 Å². The molecule has 6 atom stereocenters. The van der Waals surface area contributed by atoms with E-state index in [0.717, 1.165) is 12.8 Å². The van der Waals surface area contributed by atoms with Crippen molar-refractivity contribution in [2.24, 2.45) is 17.8 Å². The first kappa shape index (κ1) is 18.2. The molecule has 1 aliphatic rings. The zero-order valence-electron chi connectivity index (χ0n) is 15.1. The molecular weight excluding hydrogens is 284 g/mol. The highest BCUT2D eigenvalue weighted by molar-refractivity contribution is 5.13. The lowest BCUT2D eigenvalue weighted by atomic mass is 9.76. The molecule has 1 aliphatic heterocycles. The van der Waals surface area contributed by atoms with Gasteiger partial charge in [0, 0.05) is 0 Å². The molecule has 0 bridgehead atoms. The lowest BCUT2D eigenvalue weighted by Crippen LogP contribution is -2.52. The second-order valence-corrected chi connectivity index (χ2v) is 7.03. The SMILES string of the molecule is C=CC[C@H]1OC([C@H](C)CC)[C@@H](C)[C@H](C)C1OCc1ccccc1. The van der Waals surface area contributed by atoms with Crippen molar-refractivity contribution in [3.63, 3.8) is 0 Å². The first-order valence-electron chi connectivity index (χ1n) is 9.00. The average molecular weight is 316 g/mol. The van der Waals surface area contributed by atoms with Crippen LogP contribution in [0.25, 0.3) is 0 Å². The zero-order chi connectivity index (χ0) is 16.8. The van der Waals surface area contributed by atoms with Crippen LogP contribution in [0.5, 0.6) is 0 Å². The third-order valence-electron chi connectivity index (χ3n) is 5.45. The first-order chi connectivity index (χ1) is 11.1. The van der Waals surface area contributed by atoms with Gasteiger partial charge < -0.3 is 9.47 Å². The zero-order valence-corrected chi connectivity index (χ0v) is 15.1. The Labute approximate surface area is 141 Å². The Hall–Kier alpha value is -1.12. The highest BCUT2D eigenvalue weighted by Gasteiger charge is 2.42. The van der Waals surface area contributed by atoms with Crippen molar-refractivity contribution in [3.8, 4) is 0 Å². The summed E-state index contributed by atoms with van der Waals surface area (Å²) in [6, 6.07) is 10.4. The topological polar surface area (TPSA) is 18.5 Å². The van der Waals surface area contributed by atoms with Crippen LogP contribution in [-0.4, -0.2) is 18.3 Å². The molecule has 23 heavy (non-hydrogen) atoms. The summed E-state index contributed by atoms with van der Waals surface area (Å²) in [5.74, 6) is 1.57. The molecule has 2 unspecified atom stereocenters. The van der Waals surface area contributed by atoms with Crippen molar-refractivity contribution < 1.29 is 9.47 Å². The van der Waals surface area contributed by atoms with E-state index < -0.39 is 0 Å². The van der Waals surface area contributed by atoms with Crippen LogP contribution in [0, 0.1) is 17.8 Å². The predicted octanol–water partition coefficient (Wildman–Crippen LogP) is 5.23. The Morgan fingerprint density at radius 1 is 1.22 bits per heavy atom. The highest BCUT2D eigenvalue weighted by atomic mass is 16.6. The van der Waals surface area contributed by atoms with Crippen molar-refractivity contribution in [2.75, 3.05) is 0 Å². The van der Waals surface area contributed by atoms with Crippen LogP contribution in [0.3, 0.4) is 0 Å². The van der Waals surface area contributed by atoms with Crippen LogP contribution in [0.15, 0.2) is 43.0 Å². The monoisotopic (exact) mass is 316 g/mol. The maximum Gasteiger partial charge on any atom is 0.0877 e. The van der Waals surface area contributed by atoms with Gasteiger partial charge in [-0.15, -0.1) is 6.58 Å². The van der Waals surface area contributed by atoms with E-state index in [1.807, 2.05) is 12.1 Å². The van der Waals surface area contributed by atoms with Crippen molar-refractivity contribution in [1.29, 1.82) is 0 Å². The Kier molecular flexibility index (Phi) is 6.86. The molecule has 0 N–H and O–H groups in total. The quantitative estimate of drug-likeness (QED) is 0.641. The molecule has 2 heteroatoms. The lowest BCUT2D eigenvalue weighted by molar-refractivity contribution is -0.201. The highest BCUT2D eigenvalue weighted by Crippen LogP contribution is 2.38. The van der Waals surface area contributed by atoms with Crippen LogP contribution in [-0.2, 0) is 16.1 Å². The molecule has 2 nitrogen and oxygen atoms in total. The Balaban J connectivity index is 2.08. The molecule has 1 aromatic carbocycles. The minimum atomic E-state index is 0.112. The number of hydrogen-bond donors (Lipinski definition) is 0. The van der Waals surface area contributed by atoms with Gasteiger partial charge in [0.05, 0.1) is 24.9 Å². The molecule has 0 amide bonds. The number of ether oxygens (including phenoxy) is 2. The molecule has 1 fully saturated rings. The van der Waals surface area contributed by atoms with E-state index in [1.54, 1.807) is 0 Å². The number of rotatable bonds is 7. The Morgan fingerprint density at radius 3 is 2.52 bits per heavy atom. The van der Waals surface area contributed by atoms with E-state index in [9.17, 15) is 0 Å². The van der Waals surface area contributed by atoms with Gasteiger partial charge in [0.2, 0.25) is 0 Å². The van der Waals surface area contributed by atoms with Crippen LogP contribution in [0.4, 0.5) is 0 Å². The molecule has 1 saturated heterocycles. The third-order valence-corrected chi connectivity index (χ3v) is 5.45. The molecule has 2 rings (SSSR count). The summed E-state index contributed by atoms with van der Waals surface area (Å²) in [6.45, 7) is 13.7. The summed E-state index contributed by atoms with van der Waals surface area (Å²) in [4.78, 5) is 0. The van der Waals surface area contributed by atoms with Gasteiger partial charge in [-0.25, -0.2) is 0 Å². The maximum atomic E-state index is 6.47. The smallest absolute Gasteiger partial charge is 0.0877 e. The van der Waals surface area contributed by atoms with Gasteiger partial charge in [-0.3, -0.25) is 0 Å². The van der Waals surface area contributed by atoms with E-state index in [4.69, 9.17) is 9.47 Å². The van der Waals surface area contributed by atoms with Gasteiger partial charge >= 0.3 is 0 Å². The van der Waals surface area contributed by atoms with E-state index >= 15 is 0 Å². The number of hydrogen-bond acceptors (Lipinski definition) is 2. The van der Waals surface area contributed by atoms with E-state index in [-0.39, 0.29) is 12.2 Å². The molecular formula is C21H32O2. The van der Waals surface area contributed by atoms with Crippen molar-refractivity contribution in [1.82, 2.24) is 0 Å². The van der Waals surface area contributed by atoms with Gasteiger partial charge in [0.25, 0.3) is 0 Å². The third kappa shape index (κ3) is 4.45. The van der Waals surface area contributed by atoms with Crippen LogP contribution >= 0.6 is 0 Å². The van der Waals surface area contributed by atoms with E-state index in [0.29, 0.717) is 30.5 Å². The minimum Gasteiger partial charge on any atom is -0.371 e. The first-order valence-corrected chi connectivity index (χ1v) is 9.00. The molecule has 0 saturated carbocycles. The van der Waals surface area contributed by atoms with Crippen LogP contribution in [0.2, 0.25) is 0 Å². The van der Waals surface area contributed by atoms with Crippen molar-refractivity contribution in [2.45, 2.75) is 65.5 Å². The summed E-state index contributed by atoms with van der Waals surface area (Å²) in [5.41, 5.74) is 1.22. The number of benzene rings is 1. The molecule has 128 valence electrons. The summed E-state index contributed by atoms with van der Waals surface area (Å²) < 4.78 is 12.8. The fourth-order valence-corrected chi connectivity index (χ4v) is 3.60. The Morgan fingerprint density at radius 2 is 1.91 bits per heavy atom. The summed E-state index contributed by atoms with van der Waals surface area (Å²) in [6.07, 6.45) is 4.52. The second kappa shape index (κ2) is 8.65. The molecule has 1 aromatic rings. The fourth-order valence-electron chi connectivity index (χ4n) is 3.60. The van der Waals surface area contributed by atoms with Gasteiger partial charge in [0.1, 0.15) is 0 Å².